The minimum absolute atomic E-state index is 0.646. The van der Waals surface area contributed by atoms with E-state index in [4.69, 9.17) is 0 Å². The third kappa shape index (κ3) is 2.72. The maximum absolute atomic E-state index is 4.54. The Morgan fingerprint density at radius 1 is 1.33 bits per heavy atom. The molecule has 3 rings (SSSR count). The maximum Gasteiger partial charge on any atom is 0.203 e. The van der Waals surface area contributed by atoms with Gasteiger partial charge >= 0.3 is 0 Å². The van der Waals surface area contributed by atoms with Gasteiger partial charge < -0.3 is 9.88 Å². The fourth-order valence-electron chi connectivity index (χ4n) is 1.98. The monoisotopic (exact) mass is 262 g/mol. The SMILES string of the molecule is Cc1csc(CCn2cc(C)nc2NC2CC2)n1. The van der Waals surface area contributed by atoms with E-state index in [9.17, 15) is 0 Å². The molecular formula is C13H18N4S. The second kappa shape index (κ2) is 4.72. The van der Waals surface area contributed by atoms with Crippen molar-refractivity contribution in [2.45, 2.75) is 45.7 Å². The summed E-state index contributed by atoms with van der Waals surface area (Å²) in [7, 11) is 0. The van der Waals surface area contributed by atoms with Gasteiger partial charge in [-0.25, -0.2) is 9.97 Å². The number of aromatic nitrogens is 3. The van der Waals surface area contributed by atoms with Crippen LogP contribution in [0.4, 0.5) is 5.95 Å². The highest BCUT2D eigenvalue weighted by Crippen LogP contribution is 2.24. The molecule has 2 aromatic heterocycles. The lowest BCUT2D eigenvalue weighted by atomic mass is 10.4. The molecule has 0 amide bonds. The van der Waals surface area contributed by atoms with Crippen molar-refractivity contribution in [3.05, 3.63) is 28.0 Å². The van der Waals surface area contributed by atoms with Crippen molar-refractivity contribution in [3.8, 4) is 0 Å². The van der Waals surface area contributed by atoms with Gasteiger partial charge in [-0.05, 0) is 26.7 Å². The van der Waals surface area contributed by atoms with Gasteiger partial charge in [0.2, 0.25) is 5.95 Å². The van der Waals surface area contributed by atoms with Crippen LogP contribution in [0.15, 0.2) is 11.6 Å². The van der Waals surface area contributed by atoms with Crippen LogP contribution in [0.1, 0.15) is 29.2 Å². The molecule has 1 saturated carbocycles. The molecule has 2 aromatic rings. The Kier molecular flexibility index (Phi) is 3.07. The topological polar surface area (TPSA) is 42.7 Å². The summed E-state index contributed by atoms with van der Waals surface area (Å²) in [6, 6.07) is 0.646. The lowest BCUT2D eigenvalue weighted by Crippen LogP contribution is -2.10. The molecule has 0 aromatic carbocycles. The minimum atomic E-state index is 0.646. The summed E-state index contributed by atoms with van der Waals surface area (Å²) < 4.78 is 2.21. The van der Waals surface area contributed by atoms with Crippen LogP contribution in [-0.2, 0) is 13.0 Å². The number of thiazole rings is 1. The van der Waals surface area contributed by atoms with Gasteiger partial charge in [-0.2, -0.15) is 0 Å². The zero-order valence-electron chi connectivity index (χ0n) is 10.8. The largest absolute Gasteiger partial charge is 0.353 e. The smallest absolute Gasteiger partial charge is 0.203 e. The molecule has 96 valence electrons. The molecule has 4 nitrogen and oxygen atoms in total. The summed E-state index contributed by atoms with van der Waals surface area (Å²) in [5, 5.41) is 6.80. The van der Waals surface area contributed by atoms with E-state index in [2.05, 4.69) is 31.4 Å². The summed E-state index contributed by atoms with van der Waals surface area (Å²) in [4.78, 5) is 9.04. The summed E-state index contributed by atoms with van der Waals surface area (Å²) in [6.45, 7) is 5.03. The molecule has 1 N–H and O–H groups in total. The van der Waals surface area contributed by atoms with E-state index in [0.29, 0.717) is 6.04 Å². The van der Waals surface area contributed by atoms with E-state index in [1.54, 1.807) is 11.3 Å². The second-order valence-electron chi connectivity index (χ2n) is 4.95. The van der Waals surface area contributed by atoms with Crippen molar-refractivity contribution < 1.29 is 0 Å². The highest BCUT2D eigenvalue weighted by molar-refractivity contribution is 7.09. The van der Waals surface area contributed by atoms with Crippen molar-refractivity contribution in [1.82, 2.24) is 14.5 Å². The number of rotatable bonds is 5. The number of imidazole rings is 1. The molecule has 1 aliphatic carbocycles. The molecule has 0 unspecified atom stereocenters. The molecule has 0 bridgehead atoms. The average Bonchev–Trinajstić information content (AvgIpc) is 2.93. The van der Waals surface area contributed by atoms with Crippen molar-refractivity contribution >= 4 is 17.3 Å². The molecule has 0 saturated heterocycles. The fourth-order valence-corrected chi connectivity index (χ4v) is 2.74. The lowest BCUT2D eigenvalue weighted by Gasteiger charge is -2.07. The first-order chi connectivity index (χ1) is 8.70. The summed E-state index contributed by atoms with van der Waals surface area (Å²) >= 11 is 1.74. The van der Waals surface area contributed by atoms with Gasteiger partial charge in [0.05, 0.1) is 10.7 Å². The summed E-state index contributed by atoms with van der Waals surface area (Å²) in [5.74, 6) is 1.02. The van der Waals surface area contributed by atoms with Crippen LogP contribution in [0, 0.1) is 13.8 Å². The number of anilines is 1. The van der Waals surface area contributed by atoms with Gasteiger partial charge in [0.25, 0.3) is 0 Å². The van der Waals surface area contributed by atoms with Crippen molar-refractivity contribution in [2.24, 2.45) is 0 Å². The molecule has 18 heavy (non-hydrogen) atoms. The van der Waals surface area contributed by atoms with E-state index in [1.807, 2.05) is 13.8 Å². The number of nitrogens with one attached hydrogen (secondary N) is 1. The third-order valence-electron chi connectivity index (χ3n) is 3.04. The minimum Gasteiger partial charge on any atom is -0.353 e. The number of hydrogen-bond acceptors (Lipinski definition) is 4. The second-order valence-corrected chi connectivity index (χ2v) is 5.89. The molecular weight excluding hydrogens is 244 g/mol. The number of hydrogen-bond donors (Lipinski definition) is 1. The Labute approximate surface area is 111 Å². The van der Waals surface area contributed by atoms with Crippen LogP contribution in [0.3, 0.4) is 0 Å². The van der Waals surface area contributed by atoms with E-state index in [1.165, 1.54) is 17.8 Å². The summed E-state index contributed by atoms with van der Waals surface area (Å²) in [5.41, 5.74) is 2.20. The zero-order valence-corrected chi connectivity index (χ0v) is 11.6. The molecule has 5 heteroatoms. The molecule has 0 spiro atoms. The molecule has 2 heterocycles. The van der Waals surface area contributed by atoms with Gasteiger partial charge in [-0.3, -0.25) is 0 Å². The highest BCUT2D eigenvalue weighted by Gasteiger charge is 2.22. The molecule has 0 aliphatic heterocycles. The van der Waals surface area contributed by atoms with Crippen LogP contribution in [-0.4, -0.2) is 20.6 Å². The first-order valence-corrected chi connectivity index (χ1v) is 7.30. The molecule has 0 radical (unpaired) electrons. The van der Waals surface area contributed by atoms with Crippen LogP contribution in [0.2, 0.25) is 0 Å². The Bertz CT molecular complexity index is 539. The van der Waals surface area contributed by atoms with E-state index < -0.39 is 0 Å². The standard InChI is InChI=1S/C13H18N4S/c1-9-7-17(13(15-9)16-11-3-4-11)6-5-12-14-10(2)8-18-12/h7-8,11H,3-6H2,1-2H3,(H,15,16). The van der Waals surface area contributed by atoms with Gasteiger partial charge in [-0.1, -0.05) is 0 Å². The van der Waals surface area contributed by atoms with Crippen LogP contribution in [0.25, 0.3) is 0 Å². The average molecular weight is 262 g/mol. The van der Waals surface area contributed by atoms with Gasteiger partial charge in [0, 0.05) is 36.3 Å². The van der Waals surface area contributed by atoms with Crippen LogP contribution >= 0.6 is 11.3 Å². The van der Waals surface area contributed by atoms with Crippen molar-refractivity contribution in [2.75, 3.05) is 5.32 Å². The Balaban J connectivity index is 1.67. The Morgan fingerprint density at radius 2 is 2.17 bits per heavy atom. The molecule has 0 atom stereocenters. The van der Waals surface area contributed by atoms with Gasteiger partial charge in [-0.15, -0.1) is 11.3 Å². The van der Waals surface area contributed by atoms with Gasteiger partial charge in [0.1, 0.15) is 0 Å². The Hall–Kier alpha value is -1.36. The van der Waals surface area contributed by atoms with E-state index in [0.717, 1.165) is 30.3 Å². The zero-order chi connectivity index (χ0) is 12.5. The molecule has 1 aliphatic rings. The third-order valence-corrected chi connectivity index (χ3v) is 4.07. The number of aryl methyl sites for hydroxylation is 4. The van der Waals surface area contributed by atoms with Crippen LogP contribution in [0.5, 0.6) is 0 Å². The van der Waals surface area contributed by atoms with Gasteiger partial charge in [0.15, 0.2) is 0 Å². The lowest BCUT2D eigenvalue weighted by molar-refractivity contribution is 0.695. The first-order valence-electron chi connectivity index (χ1n) is 6.42. The maximum atomic E-state index is 4.54. The molecule has 1 fully saturated rings. The quantitative estimate of drug-likeness (QED) is 0.901. The number of nitrogens with zero attached hydrogens (tertiary/aromatic N) is 3. The van der Waals surface area contributed by atoms with E-state index >= 15 is 0 Å². The normalized spacial score (nSPS) is 15.0. The van der Waals surface area contributed by atoms with E-state index in [-0.39, 0.29) is 0 Å². The predicted octanol–water partition coefficient (Wildman–Crippen LogP) is 2.77. The first kappa shape index (κ1) is 11.7. The van der Waals surface area contributed by atoms with Crippen molar-refractivity contribution in [3.63, 3.8) is 0 Å². The van der Waals surface area contributed by atoms with Crippen LogP contribution < -0.4 is 5.32 Å². The fraction of sp³-hybridized carbons (Fsp3) is 0.538. The van der Waals surface area contributed by atoms with Crippen molar-refractivity contribution in [1.29, 1.82) is 0 Å². The summed E-state index contributed by atoms with van der Waals surface area (Å²) in [6.07, 6.45) is 5.65. The highest BCUT2D eigenvalue weighted by atomic mass is 32.1. The predicted molar refractivity (Wildman–Crippen MR) is 74.2 cm³/mol. The Morgan fingerprint density at radius 3 is 2.83 bits per heavy atom.